The number of alkyl halides is 2. The lowest BCUT2D eigenvalue weighted by atomic mass is 10.0. The molecule has 0 unspecified atom stereocenters. The number of nitrogens with zero attached hydrogens (tertiary/aromatic N) is 3. The number of carbonyl (C=O) groups excluding carboxylic acids is 1. The zero-order valence-corrected chi connectivity index (χ0v) is 16.2. The highest BCUT2D eigenvalue weighted by atomic mass is 19.3. The Hall–Kier alpha value is -2.42. The summed E-state index contributed by atoms with van der Waals surface area (Å²) in [5.74, 6) is -3.75. The quantitative estimate of drug-likeness (QED) is 0.426. The Bertz CT molecular complexity index is 710. The monoisotopic (exact) mass is 385 g/mol. The number of methoxy groups -OCH3 is 2. The SMILES string of the molecule is COC(=O)c1c(/N=C/N(C)C)ccc(OC)c1O[C@@H]1CCN(C)CC1(F)F. The van der Waals surface area contributed by atoms with Crippen LogP contribution in [0.1, 0.15) is 16.8 Å². The molecule has 0 amide bonds. The zero-order chi connectivity index (χ0) is 20.2. The molecule has 0 spiro atoms. The largest absolute Gasteiger partial charge is 0.493 e. The molecule has 0 radical (unpaired) electrons. The first kappa shape index (κ1) is 20.9. The number of benzene rings is 1. The second kappa shape index (κ2) is 8.51. The first-order valence-electron chi connectivity index (χ1n) is 8.42. The minimum absolute atomic E-state index is 0.0512. The van der Waals surface area contributed by atoms with Crippen LogP contribution in [0.3, 0.4) is 0 Å². The molecule has 0 aliphatic carbocycles. The standard InChI is InChI=1S/C18H25F2N3O4/c1-22(2)11-21-12-6-7-13(25-4)16(15(12)17(24)26-5)27-14-8-9-23(3)10-18(14,19)20/h6-7,11,14H,8-10H2,1-5H3/b21-11+/t14-/m1/s1. The molecule has 2 rings (SSSR count). The molecule has 1 heterocycles. The van der Waals surface area contributed by atoms with Gasteiger partial charge in [-0.15, -0.1) is 0 Å². The zero-order valence-electron chi connectivity index (χ0n) is 16.2. The number of likely N-dealkylation sites (tertiary alicyclic amines) is 1. The average molecular weight is 385 g/mol. The smallest absolute Gasteiger partial charge is 0.344 e. The van der Waals surface area contributed by atoms with Crippen molar-refractivity contribution < 1.29 is 27.8 Å². The third kappa shape index (κ3) is 4.85. The predicted molar refractivity (Wildman–Crippen MR) is 97.6 cm³/mol. The maximum atomic E-state index is 14.4. The van der Waals surface area contributed by atoms with Crippen molar-refractivity contribution in [2.24, 2.45) is 4.99 Å². The number of esters is 1. The molecule has 0 bridgehead atoms. The van der Waals surface area contributed by atoms with Crippen LogP contribution in [0.2, 0.25) is 0 Å². The highest BCUT2D eigenvalue weighted by molar-refractivity contribution is 5.99. The summed E-state index contributed by atoms with van der Waals surface area (Å²) >= 11 is 0. The molecule has 1 aliphatic rings. The Morgan fingerprint density at radius 3 is 2.63 bits per heavy atom. The van der Waals surface area contributed by atoms with E-state index in [1.54, 1.807) is 32.1 Å². The highest BCUT2D eigenvalue weighted by Crippen LogP contribution is 2.41. The lowest BCUT2D eigenvalue weighted by Crippen LogP contribution is -2.52. The van der Waals surface area contributed by atoms with Gasteiger partial charge in [0.1, 0.15) is 5.56 Å². The average Bonchev–Trinajstić information content (AvgIpc) is 2.60. The van der Waals surface area contributed by atoms with E-state index in [9.17, 15) is 13.6 Å². The highest BCUT2D eigenvalue weighted by Gasteiger charge is 2.46. The number of halogens is 2. The van der Waals surface area contributed by atoms with E-state index in [0.29, 0.717) is 6.54 Å². The van der Waals surface area contributed by atoms with Crippen LogP contribution in [-0.2, 0) is 4.74 Å². The molecule has 27 heavy (non-hydrogen) atoms. The fraction of sp³-hybridized carbons (Fsp3) is 0.556. The molecule has 1 aliphatic heterocycles. The van der Waals surface area contributed by atoms with Gasteiger partial charge in [0.25, 0.3) is 5.92 Å². The van der Waals surface area contributed by atoms with Crippen LogP contribution < -0.4 is 9.47 Å². The van der Waals surface area contributed by atoms with Gasteiger partial charge in [-0.3, -0.25) is 0 Å². The topological polar surface area (TPSA) is 63.6 Å². The predicted octanol–water partition coefficient (Wildman–Crippen LogP) is 2.42. The van der Waals surface area contributed by atoms with Crippen LogP contribution in [0.5, 0.6) is 11.5 Å². The summed E-state index contributed by atoms with van der Waals surface area (Å²) in [6.07, 6.45) is 0.208. The van der Waals surface area contributed by atoms with Crippen LogP contribution in [0.25, 0.3) is 0 Å². The Morgan fingerprint density at radius 1 is 1.37 bits per heavy atom. The van der Waals surface area contributed by atoms with Crippen molar-refractivity contribution in [3.63, 3.8) is 0 Å². The third-order valence-corrected chi connectivity index (χ3v) is 4.12. The number of hydrogen-bond donors (Lipinski definition) is 0. The van der Waals surface area contributed by atoms with Crippen molar-refractivity contribution in [1.29, 1.82) is 0 Å². The Kier molecular flexibility index (Phi) is 6.59. The minimum atomic E-state index is -3.08. The molecule has 1 saturated heterocycles. The fourth-order valence-corrected chi connectivity index (χ4v) is 2.79. The van der Waals surface area contributed by atoms with Crippen molar-refractivity contribution in [3.8, 4) is 11.5 Å². The molecule has 0 N–H and O–H groups in total. The van der Waals surface area contributed by atoms with Crippen molar-refractivity contribution >= 4 is 18.0 Å². The van der Waals surface area contributed by atoms with Gasteiger partial charge >= 0.3 is 5.97 Å². The van der Waals surface area contributed by atoms with Gasteiger partial charge in [-0.25, -0.2) is 18.6 Å². The van der Waals surface area contributed by atoms with Gasteiger partial charge in [0.05, 0.1) is 32.8 Å². The molecule has 0 aromatic heterocycles. The molecule has 0 saturated carbocycles. The van der Waals surface area contributed by atoms with Crippen LogP contribution in [-0.4, -0.2) is 82.6 Å². The first-order chi connectivity index (χ1) is 12.7. The van der Waals surface area contributed by atoms with E-state index < -0.39 is 24.5 Å². The summed E-state index contributed by atoms with van der Waals surface area (Å²) in [5, 5.41) is 0. The van der Waals surface area contributed by atoms with Crippen LogP contribution in [0.15, 0.2) is 17.1 Å². The molecule has 7 nitrogen and oxygen atoms in total. The number of rotatable bonds is 6. The molecular weight excluding hydrogens is 360 g/mol. The van der Waals surface area contributed by atoms with Gasteiger partial charge in [-0.1, -0.05) is 0 Å². The molecule has 1 aromatic carbocycles. The van der Waals surface area contributed by atoms with Gasteiger partial charge in [-0.05, 0) is 19.2 Å². The summed E-state index contributed by atoms with van der Waals surface area (Å²) in [5.41, 5.74) is 0.187. The maximum absolute atomic E-state index is 14.4. The molecule has 150 valence electrons. The summed E-state index contributed by atoms with van der Waals surface area (Å²) in [7, 11) is 7.73. The molecule has 1 fully saturated rings. The van der Waals surface area contributed by atoms with Gasteiger partial charge in [0, 0.05) is 27.1 Å². The summed E-state index contributed by atoms with van der Waals surface area (Å²) < 4.78 is 44.6. The van der Waals surface area contributed by atoms with Crippen molar-refractivity contribution in [2.75, 3.05) is 48.5 Å². The fourth-order valence-electron chi connectivity index (χ4n) is 2.79. The number of hydrogen-bond acceptors (Lipinski definition) is 6. The maximum Gasteiger partial charge on any atom is 0.344 e. The summed E-state index contributed by atoms with van der Waals surface area (Å²) in [6.45, 7) is 0.0284. The van der Waals surface area contributed by atoms with E-state index in [1.165, 1.54) is 31.5 Å². The number of piperidine rings is 1. The van der Waals surface area contributed by atoms with E-state index in [0.717, 1.165) is 0 Å². The van der Waals surface area contributed by atoms with E-state index >= 15 is 0 Å². The van der Waals surface area contributed by atoms with E-state index in [-0.39, 0.29) is 29.2 Å². The number of carbonyl (C=O) groups is 1. The van der Waals surface area contributed by atoms with E-state index in [4.69, 9.17) is 14.2 Å². The third-order valence-electron chi connectivity index (χ3n) is 4.12. The Labute approximate surface area is 157 Å². The van der Waals surface area contributed by atoms with Gasteiger partial charge in [0.15, 0.2) is 17.6 Å². The Morgan fingerprint density at radius 2 is 2.07 bits per heavy atom. The van der Waals surface area contributed by atoms with Gasteiger partial charge in [0.2, 0.25) is 0 Å². The van der Waals surface area contributed by atoms with Gasteiger partial charge in [-0.2, -0.15) is 0 Å². The van der Waals surface area contributed by atoms with Crippen LogP contribution >= 0.6 is 0 Å². The lowest BCUT2D eigenvalue weighted by Gasteiger charge is -2.36. The minimum Gasteiger partial charge on any atom is -0.493 e. The second-order valence-electron chi connectivity index (χ2n) is 6.58. The van der Waals surface area contributed by atoms with Crippen molar-refractivity contribution in [1.82, 2.24) is 9.80 Å². The van der Waals surface area contributed by atoms with Gasteiger partial charge < -0.3 is 24.0 Å². The first-order valence-corrected chi connectivity index (χ1v) is 8.42. The molecule has 1 aromatic rings. The number of ether oxygens (including phenoxy) is 3. The molecular formula is C18H25F2N3O4. The van der Waals surface area contributed by atoms with Crippen molar-refractivity contribution in [2.45, 2.75) is 18.4 Å². The Balaban J connectivity index is 2.52. The lowest BCUT2D eigenvalue weighted by molar-refractivity contribution is -0.135. The van der Waals surface area contributed by atoms with E-state index in [1.807, 2.05) is 0 Å². The normalized spacial score (nSPS) is 19.7. The summed E-state index contributed by atoms with van der Waals surface area (Å²) in [4.78, 5) is 19.8. The molecule has 9 heteroatoms. The van der Waals surface area contributed by atoms with Crippen molar-refractivity contribution in [3.05, 3.63) is 17.7 Å². The van der Waals surface area contributed by atoms with Crippen LogP contribution in [0.4, 0.5) is 14.5 Å². The molecule has 1 atom stereocenters. The van der Waals surface area contributed by atoms with Crippen LogP contribution in [0, 0.1) is 0 Å². The number of aliphatic imine (C=N–C) groups is 1. The summed E-state index contributed by atoms with van der Waals surface area (Å²) in [6, 6.07) is 3.07. The second-order valence-corrected chi connectivity index (χ2v) is 6.58. The van der Waals surface area contributed by atoms with E-state index in [2.05, 4.69) is 4.99 Å².